The van der Waals surface area contributed by atoms with E-state index in [0.29, 0.717) is 11.5 Å². The number of ether oxygens (including phenoxy) is 2. The third kappa shape index (κ3) is 11.3. The van der Waals surface area contributed by atoms with Crippen molar-refractivity contribution in [3.05, 3.63) is 18.2 Å². The monoisotopic (exact) mass is 492 g/mol. The minimum absolute atomic E-state index is 0. The van der Waals surface area contributed by atoms with E-state index < -0.39 is 0 Å². The lowest BCUT2D eigenvalue weighted by Gasteiger charge is -2.14. The fourth-order valence-electron chi connectivity index (χ4n) is 2.62. The Morgan fingerprint density at radius 2 is 1.67 bits per heavy atom. The predicted molar refractivity (Wildman–Crippen MR) is 126 cm³/mol. The van der Waals surface area contributed by atoms with Crippen LogP contribution in [0.2, 0.25) is 0 Å². The molecule has 0 spiro atoms. The molecule has 0 heterocycles. The Balaban J connectivity index is 0.00000676. The van der Waals surface area contributed by atoms with Crippen molar-refractivity contribution in [2.45, 2.75) is 39.0 Å². The summed E-state index contributed by atoms with van der Waals surface area (Å²) in [6.45, 7) is 4.90. The molecule has 27 heavy (non-hydrogen) atoms. The number of hydrogen-bond acceptors (Lipinski definition) is 4. The summed E-state index contributed by atoms with van der Waals surface area (Å²) in [4.78, 5) is 6.91. The summed E-state index contributed by atoms with van der Waals surface area (Å²) in [7, 11) is 7.53. The molecular formula is C20H37IN4O2. The molecule has 0 aliphatic carbocycles. The lowest BCUT2D eigenvalue weighted by Crippen LogP contribution is -2.30. The molecule has 0 saturated heterocycles. The Morgan fingerprint density at radius 1 is 1.00 bits per heavy atom. The molecule has 1 aromatic carbocycles. The van der Waals surface area contributed by atoms with Crippen molar-refractivity contribution in [3.63, 3.8) is 0 Å². The molecule has 7 heteroatoms. The van der Waals surface area contributed by atoms with Gasteiger partial charge in [0.15, 0.2) is 17.5 Å². The highest BCUT2D eigenvalue weighted by atomic mass is 127. The van der Waals surface area contributed by atoms with Crippen molar-refractivity contribution in [3.8, 4) is 11.5 Å². The largest absolute Gasteiger partial charge is 0.493 e. The number of rotatable bonds is 12. The van der Waals surface area contributed by atoms with Crippen LogP contribution in [0.25, 0.3) is 0 Å². The first-order valence-corrected chi connectivity index (χ1v) is 9.52. The summed E-state index contributed by atoms with van der Waals surface area (Å²) in [5.74, 6) is 2.22. The van der Waals surface area contributed by atoms with E-state index in [2.05, 4.69) is 41.5 Å². The van der Waals surface area contributed by atoms with Gasteiger partial charge in [0, 0.05) is 24.8 Å². The normalized spacial score (nSPS) is 11.1. The zero-order valence-electron chi connectivity index (χ0n) is 17.5. The van der Waals surface area contributed by atoms with Crippen LogP contribution in [0.3, 0.4) is 0 Å². The topological polar surface area (TPSA) is 58.1 Å². The molecule has 0 aliphatic heterocycles. The van der Waals surface area contributed by atoms with Crippen LogP contribution >= 0.6 is 24.0 Å². The number of guanidine groups is 1. The third-order valence-electron chi connectivity index (χ3n) is 4.02. The van der Waals surface area contributed by atoms with Crippen LogP contribution in [0.4, 0.5) is 5.69 Å². The van der Waals surface area contributed by atoms with Gasteiger partial charge in [-0.1, -0.05) is 19.3 Å². The molecule has 6 nitrogen and oxygen atoms in total. The van der Waals surface area contributed by atoms with Crippen molar-refractivity contribution in [2.75, 3.05) is 53.3 Å². The van der Waals surface area contributed by atoms with Crippen LogP contribution in [0.5, 0.6) is 11.5 Å². The van der Waals surface area contributed by atoms with Crippen LogP contribution in [-0.2, 0) is 0 Å². The van der Waals surface area contributed by atoms with Gasteiger partial charge >= 0.3 is 0 Å². The lowest BCUT2D eigenvalue weighted by atomic mass is 10.1. The van der Waals surface area contributed by atoms with Crippen LogP contribution in [-0.4, -0.2) is 58.8 Å². The van der Waals surface area contributed by atoms with E-state index in [0.717, 1.165) is 31.2 Å². The number of methoxy groups -OCH3 is 2. The van der Waals surface area contributed by atoms with E-state index >= 15 is 0 Å². The molecule has 156 valence electrons. The zero-order valence-corrected chi connectivity index (χ0v) is 19.8. The number of hydrogen-bond donors (Lipinski definition) is 2. The molecule has 2 N–H and O–H groups in total. The van der Waals surface area contributed by atoms with E-state index in [1.807, 2.05) is 18.2 Å². The second kappa shape index (κ2) is 15.8. The SMILES string of the molecule is CCNC(=NCCCCCCCN(C)C)Nc1ccc(OC)c(OC)c1.I. The van der Waals surface area contributed by atoms with Gasteiger partial charge in [0.05, 0.1) is 14.2 Å². The molecule has 0 amide bonds. The van der Waals surface area contributed by atoms with E-state index in [9.17, 15) is 0 Å². The average molecular weight is 492 g/mol. The summed E-state index contributed by atoms with van der Waals surface area (Å²) >= 11 is 0. The molecule has 0 unspecified atom stereocenters. The Bertz CT molecular complexity index is 539. The van der Waals surface area contributed by atoms with Gasteiger partial charge in [-0.2, -0.15) is 0 Å². The van der Waals surface area contributed by atoms with E-state index in [1.165, 1.54) is 32.2 Å². The first kappa shape index (κ1) is 25.8. The summed E-state index contributed by atoms with van der Waals surface area (Å²) in [6.07, 6.45) is 6.20. The van der Waals surface area contributed by atoms with Gasteiger partial charge in [0.1, 0.15) is 0 Å². The maximum absolute atomic E-state index is 5.35. The van der Waals surface area contributed by atoms with Gasteiger partial charge in [-0.25, -0.2) is 0 Å². The predicted octanol–water partition coefficient (Wildman–Crippen LogP) is 4.21. The van der Waals surface area contributed by atoms with Gasteiger partial charge in [-0.05, 0) is 52.5 Å². The Labute approximate surface area is 182 Å². The van der Waals surface area contributed by atoms with Crippen LogP contribution in [0.15, 0.2) is 23.2 Å². The van der Waals surface area contributed by atoms with Crippen LogP contribution in [0, 0.1) is 0 Å². The molecule has 0 aromatic heterocycles. The van der Waals surface area contributed by atoms with Gasteiger partial charge in [-0.3, -0.25) is 4.99 Å². The molecule has 0 radical (unpaired) electrons. The number of unbranched alkanes of at least 4 members (excludes halogenated alkanes) is 4. The average Bonchev–Trinajstić information content (AvgIpc) is 2.63. The second-order valence-corrected chi connectivity index (χ2v) is 6.53. The summed E-state index contributed by atoms with van der Waals surface area (Å²) < 4.78 is 10.6. The Morgan fingerprint density at radius 3 is 2.30 bits per heavy atom. The van der Waals surface area contributed by atoms with E-state index in [-0.39, 0.29) is 24.0 Å². The third-order valence-corrected chi connectivity index (χ3v) is 4.02. The smallest absolute Gasteiger partial charge is 0.195 e. The molecule has 0 fully saturated rings. The van der Waals surface area contributed by atoms with Crippen molar-refractivity contribution in [1.82, 2.24) is 10.2 Å². The number of halogens is 1. The highest BCUT2D eigenvalue weighted by Gasteiger charge is 2.06. The van der Waals surface area contributed by atoms with Gasteiger partial charge < -0.3 is 25.0 Å². The van der Waals surface area contributed by atoms with E-state index in [4.69, 9.17) is 9.47 Å². The molecule has 1 aromatic rings. The van der Waals surface area contributed by atoms with E-state index in [1.54, 1.807) is 14.2 Å². The molecule has 0 aliphatic rings. The fraction of sp³-hybridized carbons (Fsp3) is 0.650. The number of anilines is 1. The van der Waals surface area contributed by atoms with Crippen molar-refractivity contribution in [1.29, 1.82) is 0 Å². The second-order valence-electron chi connectivity index (χ2n) is 6.53. The number of nitrogens with zero attached hydrogens (tertiary/aromatic N) is 2. The lowest BCUT2D eigenvalue weighted by molar-refractivity contribution is 0.355. The Kier molecular flexibility index (Phi) is 15.1. The first-order chi connectivity index (χ1) is 12.6. The quantitative estimate of drug-likeness (QED) is 0.198. The molecular weight excluding hydrogens is 455 g/mol. The van der Waals surface area contributed by atoms with Crippen molar-refractivity contribution < 1.29 is 9.47 Å². The van der Waals surface area contributed by atoms with Crippen molar-refractivity contribution in [2.24, 2.45) is 4.99 Å². The van der Waals surface area contributed by atoms with Gasteiger partial charge in [-0.15, -0.1) is 24.0 Å². The maximum Gasteiger partial charge on any atom is 0.195 e. The highest BCUT2D eigenvalue weighted by molar-refractivity contribution is 14.0. The molecule has 0 bridgehead atoms. The molecule has 0 saturated carbocycles. The van der Waals surface area contributed by atoms with Crippen LogP contribution in [0.1, 0.15) is 39.0 Å². The minimum Gasteiger partial charge on any atom is -0.493 e. The first-order valence-electron chi connectivity index (χ1n) is 9.52. The summed E-state index contributed by atoms with van der Waals surface area (Å²) in [6, 6.07) is 5.76. The maximum atomic E-state index is 5.35. The van der Waals surface area contributed by atoms with Gasteiger partial charge in [0.25, 0.3) is 0 Å². The number of benzene rings is 1. The number of aliphatic imine (C=N–C) groups is 1. The summed E-state index contributed by atoms with van der Waals surface area (Å²) in [5.41, 5.74) is 0.922. The number of nitrogens with one attached hydrogen (secondary N) is 2. The highest BCUT2D eigenvalue weighted by Crippen LogP contribution is 2.29. The van der Waals surface area contributed by atoms with Crippen molar-refractivity contribution >= 4 is 35.6 Å². The summed E-state index contributed by atoms with van der Waals surface area (Å²) in [5, 5.41) is 6.61. The van der Waals surface area contributed by atoms with Gasteiger partial charge in [0.2, 0.25) is 0 Å². The molecule has 0 atom stereocenters. The minimum atomic E-state index is 0. The standard InChI is InChI=1S/C20H36N4O2.HI/c1-6-21-20(22-14-10-8-7-9-11-15-24(2)3)23-17-12-13-18(25-4)19(16-17)26-5;/h12-13,16H,6-11,14-15H2,1-5H3,(H2,21,22,23);1H. The molecule has 1 rings (SSSR count). The fourth-order valence-corrected chi connectivity index (χ4v) is 2.62. The Hall–Kier alpha value is -1.22. The zero-order chi connectivity index (χ0) is 19.2. The van der Waals surface area contributed by atoms with Crippen LogP contribution < -0.4 is 20.1 Å².